The van der Waals surface area contributed by atoms with Crippen molar-refractivity contribution in [3.8, 4) is 0 Å². The molecule has 1 aromatic rings. The van der Waals surface area contributed by atoms with Gasteiger partial charge in [0.25, 0.3) is 5.91 Å². The zero-order valence-corrected chi connectivity index (χ0v) is 18.9. The van der Waals surface area contributed by atoms with Crippen LogP contribution in [-0.2, 0) is 10.1 Å². The van der Waals surface area contributed by atoms with E-state index in [1.807, 2.05) is 30.3 Å². The molecule has 1 unspecified atom stereocenters. The fraction of sp³-hybridized carbons (Fsp3) is 0.609. The quantitative estimate of drug-likeness (QED) is 0.283. The second-order valence-corrected chi connectivity index (χ2v) is 8.30. The Kier molecular flexibility index (Phi) is 10.2. The summed E-state index contributed by atoms with van der Waals surface area (Å²) < 4.78 is 6.43. The van der Waals surface area contributed by atoms with Crippen molar-refractivity contribution in [2.45, 2.75) is 75.6 Å². The van der Waals surface area contributed by atoms with Crippen LogP contribution in [0.2, 0.25) is 0 Å². The number of benzene rings is 1. The van der Waals surface area contributed by atoms with Gasteiger partial charge in [-0.2, -0.15) is 0 Å². The van der Waals surface area contributed by atoms with E-state index >= 15 is 0 Å². The summed E-state index contributed by atoms with van der Waals surface area (Å²) in [5.41, 5.74) is 1.90. The first-order chi connectivity index (χ1) is 13.6. The van der Waals surface area contributed by atoms with E-state index in [-0.39, 0.29) is 24.3 Å². The molecule has 1 aliphatic carbocycles. The highest BCUT2D eigenvalue weighted by molar-refractivity contribution is 9.08. The lowest BCUT2D eigenvalue weighted by atomic mass is 9.92. The Morgan fingerprint density at radius 2 is 2.00 bits per heavy atom. The van der Waals surface area contributed by atoms with Crippen LogP contribution in [0, 0.1) is 0 Å². The van der Waals surface area contributed by atoms with Gasteiger partial charge in [-0.05, 0) is 63.3 Å². The lowest BCUT2D eigenvalue weighted by Gasteiger charge is -2.35. The average Bonchev–Trinajstić information content (AvgIpc) is 2.72. The molecule has 4 nitrogen and oxygen atoms in total. The highest BCUT2D eigenvalue weighted by Crippen LogP contribution is 2.24. The van der Waals surface area contributed by atoms with E-state index in [1.165, 1.54) is 18.4 Å². The van der Waals surface area contributed by atoms with Crippen molar-refractivity contribution in [1.82, 2.24) is 10.2 Å². The third kappa shape index (κ3) is 7.34. The summed E-state index contributed by atoms with van der Waals surface area (Å²) in [4.78, 5) is 14.7. The number of carbonyl (C=O) groups excluding carboxylic acids is 1. The van der Waals surface area contributed by atoms with Crippen molar-refractivity contribution in [2.75, 3.05) is 13.6 Å². The summed E-state index contributed by atoms with van der Waals surface area (Å²) in [5, 5.41) is 4.00. The predicted molar refractivity (Wildman–Crippen MR) is 120 cm³/mol. The van der Waals surface area contributed by atoms with E-state index in [1.54, 1.807) is 0 Å². The normalized spacial score (nSPS) is 20.7. The molecule has 28 heavy (non-hydrogen) atoms. The fourth-order valence-electron chi connectivity index (χ4n) is 3.67. The van der Waals surface area contributed by atoms with Crippen LogP contribution in [0.25, 0.3) is 0 Å². The molecule has 0 saturated heterocycles. The zero-order chi connectivity index (χ0) is 20.4. The third-order valence-electron chi connectivity index (χ3n) is 5.44. The SMILES string of the molecule is C=CCN(C)C(CCCC)OC1CCC(NC(=O)c2ccc(CBr)cc2)CC1. The number of nitrogens with one attached hydrogen (secondary N) is 1. The predicted octanol–water partition coefficient (Wildman–Crippen LogP) is 5.27. The summed E-state index contributed by atoms with van der Waals surface area (Å²) in [5.74, 6) is 0.0250. The van der Waals surface area contributed by atoms with Gasteiger partial charge in [-0.15, -0.1) is 6.58 Å². The lowest BCUT2D eigenvalue weighted by molar-refractivity contribution is -0.103. The van der Waals surface area contributed by atoms with Crippen LogP contribution in [0.4, 0.5) is 0 Å². The molecule has 5 heteroatoms. The molecular formula is C23H35BrN2O2. The Hall–Kier alpha value is -1.17. The molecule has 1 saturated carbocycles. The molecule has 1 N–H and O–H groups in total. The Morgan fingerprint density at radius 1 is 1.32 bits per heavy atom. The molecule has 0 radical (unpaired) electrons. The van der Waals surface area contributed by atoms with Crippen molar-refractivity contribution in [2.24, 2.45) is 0 Å². The standard InChI is InChI=1S/C23H35BrN2O2/c1-4-6-7-22(26(3)16-5-2)28-21-14-12-20(13-15-21)25-23(27)19-10-8-18(17-24)9-11-19/h5,8-11,20-22H,2,4,6-7,12-17H2,1,3H3,(H,25,27). The molecule has 0 heterocycles. The van der Waals surface area contributed by atoms with E-state index in [0.717, 1.165) is 49.5 Å². The molecular weight excluding hydrogens is 416 g/mol. The van der Waals surface area contributed by atoms with Gasteiger partial charge in [-0.25, -0.2) is 0 Å². The number of alkyl halides is 1. The first-order valence-electron chi connectivity index (χ1n) is 10.5. The Balaban J connectivity index is 1.80. The van der Waals surface area contributed by atoms with E-state index < -0.39 is 0 Å². The molecule has 1 atom stereocenters. The van der Waals surface area contributed by atoms with Gasteiger partial charge < -0.3 is 10.1 Å². The van der Waals surface area contributed by atoms with Gasteiger partial charge >= 0.3 is 0 Å². The van der Waals surface area contributed by atoms with Crippen LogP contribution in [0.15, 0.2) is 36.9 Å². The van der Waals surface area contributed by atoms with E-state index in [9.17, 15) is 4.79 Å². The minimum Gasteiger partial charge on any atom is -0.360 e. The van der Waals surface area contributed by atoms with Crippen LogP contribution < -0.4 is 5.32 Å². The van der Waals surface area contributed by atoms with Crippen molar-refractivity contribution >= 4 is 21.8 Å². The average molecular weight is 451 g/mol. The first kappa shape index (κ1) is 23.1. The monoisotopic (exact) mass is 450 g/mol. The van der Waals surface area contributed by atoms with Crippen LogP contribution >= 0.6 is 15.9 Å². The topological polar surface area (TPSA) is 41.6 Å². The number of halogens is 1. The molecule has 1 aromatic carbocycles. The highest BCUT2D eigenvalue weighted by Gasteiger charge is 2.26. The van der Waals surface area contributed by atoms with E-state index in [2.05, 4.69) is 46.7 Å². The molecule has 0 spiro atoms. The smallest absolute Gasteiger partial charge is 0.251 e. The molecule has 0 bridgehead atoms. The molecule has 0 aliphatic heterocycles. The number of unbranched alkanes of at least 4 members (excludes halogenated alkanes) is 1. The number of hydrogen-bond donors (Lipinski definition) is 1. The fourth-order valence-corrected chi connectivity index (χ4v) is 4.05. The molecule has 1 aliphatic rings. The minimum absolute atomic E-state index is 0.0250. The van der Waals surface area contributed by atoms with Gasteiger partial charge in [-0.3, -0.25) is 9.69 Å². The maximum atomic E-state index is 12.5. The molecule has 156 valence electrons. The summed E-state index contributed by atoms with van der Waals surface area (Å²) in [6, 6.07) is 8.01. The summed E-state index contributed by atoms with van der Waals surface area (Å²) >= 11 is 3.43. The van der Waals surface area contributed by atoms with Crippen LogP contribution in [0.5, 0.6) is 0 Å². The Morgan fingerprint density at radius 3 is 2.57 bits per heavy atom. The van der Waals surface area contributed by atoms with Gasteiger partial charge in [0.05, 0.1) is 6.10 Å². The number of rotatable bonds is 11. The van der Waals surface area contributed by atoms with Crippen molar-refractivity contribution in [1.29, 1.82) is 0 Å². The summed E-state index contributed by atoms with van der Waals surface area (Å²) in [6.07, 6.45) is 9.71. The van der Waals surface area contributed by atoms with E-state index in [4.69, 9.17) is 4.74 Å². The minimum atomic E-state index is 0.0250. The van der Waals surface area contributed by atoms with Crippen molar-refractivity contribution in [3.63, 3.8) is 0 Å². The second kappa shape index (κ2) is 12.4. The van der Waals surface area contributed by atoms with E-state index in [0.29, 0.717) is 0 Å². The number of carbonyl (C=O) groups is 1. The van der Waals surface area contributed by atoms with Crippen molar-refractivity contribution < 1.29 is 9.53 Å². The van der Waals surface area contributed by atoms with Crippen LogP contribution in [-0.4, -0.2) is 42.8 Å². The number of amides is 1. The Bertz CT molecular complexity index is 597. The van der Waals surface area contributed by atoms with Crippen LogP contribution in [0.3, 0.4) is 0 Å². The molecule has 0 aromatic heterocycles. The number of hydrogen-bond acceptors (Lipinski definition) is 3. The lowest BCUT2D eigenvalue weighted by Crippen LogP contribution is -2.42. The van der Waals surface area contributed by atoms with Crippen molar-refractivity contribution in [3.05, 3.63) is 48.0 Å². The second-order valence-electron chi connectivity index (χ2n) is 7.74. The van der Waals surface area contributed by atoms with Gasteiger partial charge in [0.2, 0.25) is 0 Å². The summed E-state index contributed by atoms with van der Waals surface area (Å²) in [6.45, 7) is 6.90. The molecule has 1 fully saturated rings. The summed E-state index contributed by atoms with van der Waals surface area (Å²) in [7, 11) is 2.11. The van der Waals surface area contributed by atoms with Gasteiger partial charge in [0.15, 0.2) is 0 Å². The molecule has 1 amide bonds. The largest absolute Gasteiger partial charge is 0.360 e. The van der Waals surface area contributed by atoms with Gasteiger partial charge in [-0.1, -0.05) is 47.5 Å². The number of nitrogens with zero attached hydrogens (tertiary/aromatic N) is 1. The first-order valence-corrected chi connectivity index (χ1v) is 11.6. The van der Waals surface area contributed by atoms with Gasteiger partial charge in [0, 0.05) is 23.5 Å². The maximum Gasteiger partial charge on any atom is 0.251 e. The van der Waals surface area contributed by atoms with Gasteiger partial charge in [0.1, 0.15) is 6.23 Å². The number of ether oxygens (including phenoxy) is 1. The third-order valence-corrected chi connectivity index (χ3v) is 6.09. The zero-order valence-electron chi connectivity index (χ0n) is 17.3. The number of likely N-dealkylation sites (N-methyl/N-ethyl adjacent to an activating group) is 1. The maximum absolute atomic E-state index is 12.5. The Labute approximate surface area is 178 Å². The van der Waals surface area contributed by atoms with Crippen LogP contribution in [0.1, 0.15) is 67.8 Å². The molecule has 2 rings (SSSR count). The highest BCUT2D eigenvalue weighted by atomic mass is 79.9.